The van der Waals surface area contributed by atoms with Crippen molar-refractivity contribution < 1.29 is 0 Å². The Morgan fingerprint density at radius 2 is 2.55 bits per heavy atom. The molecule has 1 nitrogen and oxygen atoms in total. The molecule has 0 radical (unpaired) electrons. The molecule has 0 saturated carbocycles. The van der Waals surface area contributed by atoms with Gasteiger partial charge in [0, 0.05) is 6.54 Å². The number of hydrogen-bond acceptors (Lipinski definition) is 2. The summed E-state index contributed by atoms with van der Waals surface area (Å²) >= 11 is 5.08. The zero-order valence-corrected chi connectivity index (χ0v) is 8.33. The van der Waals surface area contributed by atoms with Crippen LogP contribution in [0.5, 0.6) is 0 Å². The van der Waals surface area contributed by atoms with Gasteiger partial charge in [-0.05, 0) is 32.9 Å². The molecule has 1 heterocycles. The van der Waals surface area contributed by atoms with Crippen LogP contribution in [0, 0.1) is 12.3 Å². The highest BCUT2D eigenvalue weighted by Gasteiger charge is 1.94. The number of nitrogens with one attached hydrogen (secondary N) is 1. The molecule has 0 aliphatic rings. The lowest BCUT2D eigenvalue weighted by Crippen LogP contribution is -2.12. The van der Waals surface area contributed by atoms with Gasteiger partial charge in [-0.2, -0.15) is 0 Å². The minimum atomic E-state index is 0.632. The van der Waals surface area contributed by atoms with Crippen molar-refractivity contribution in [2.45, 2.75) is 6.54 Å². The molecule has 1 aromatic heterocycles. The fourth-order valence-electron chi connectivity index (χ4n) is 0.717. The maximum atomic E-state index is 5.08. The molecule has 1 N–H and O–H groups in total. The Balaban J connectivity index is 2.34. The summed E-state index contributed by atoms with van der Waals surface area (Å²) in [5, 5.41) is 5.22. The van der Waals surface area contributed by atoms with E-state index in [9.17, 15) is 0 Å². The van der Waals surface area contributed by atoms with Gasteiger partial charge in [-0.1, -0.05) is 5.92 Å². The molecule has 0 spiro atoms. The lowest BCUT2D eigenvalue weighted by molar-refractivity contribution is 0.772. The van der Waals surface area contributed by atoms with Crippen molar-refractivity contribution in [2.75, 3.05) is 6.54 Å². The van der Waals surface area contributed by atoms with E-state index in [2.05, 4.69) is 38.6 Å². The molecule has 0 aromatic carbocycles. The minimum Gasteiger partial charge on any atom is -0.302 e. The molecule has 0 saturated heterocycles. The Kier molecular flexibility index (Phi) is 3.64. The average molecular weight is 230 g/mol. The van der Waals surface area contributed by atoms with Gasteiger partial charge in [0.15, 0.2) is 0 Å². The summed E-state index contributed by atoms with van der Waals surface area (Å²) in [6, 6.07) is 2.09. The van der Waals surface area contributed by atoms with Crippen LogP contribution < -0.4 is 5.32 Å². The third-order valence-corrected chi connectivity index (χ3v) is 2.73. The molecule has 0 unspecified atom stereocenters. The number of hydrogen-bond donors (Lipinski definition) is 1. The maximum Gasteiger partial charge on any atom is 0.0701 e. The SMILES string of the molecule is C#CCNCc1csc(Br)c1. The second kappa shape index (κ2) is 4.55. The van der Waals surface area contributed by atoms with Crippen LogP contribution in [0.15, 0.2) is 15.2 Å². The molecule has 0 amide bonds. The van der Waals surface area contributed by atoms with Crippen molar-refractivity contribution >= 4 is 27.3 Å². The first-order valence-electron chi connectivity index (χ1n) is 3.20. The van der Waals surface area contributed by atoms with Crippen LogP contribution in [0.4, 0.5) is 0 Å². The van der Waals surface area contributed by atoms with Gasteiger partial charge in [-0.15, -0.1) is 17.8 Å². The van der Waals surface area contributed by atoms with Gasteiger partial charge in [0.05, 0.1) is 10.3 Å². The standard InChI is InChI=1S/C8H8BrNS/c1-2-3-10-5-7-4-8(9)11-6-7/h1,4,6,10H,3,5H2. The van der Waals surface area contributed by atoms with Crippen molar-refractivity contribution in [2.24, 2.45) is 0 Å². The summed E-state index contributed by atoms with van der Waals surface area (Å²) < 4.78 is 1.16. The summed E-state index contributed by atoms with van der Waals surface area (Å²) in [7, 11) is 0. The second-order valence-electron chi connectivity index (χ2n) is 2.07. The van der Waals surface area contributed by atoms with E-state index in [0.29, 0.717) is 6.54 Å². The van der Waals surface area contributed by atoms with Crippen LogP contribution in [-0.4, -0.2) is 6.54 Å². The van der Waals surface area contributed by atoms with E-state index >= 15 is 0 Å². The van der Waals surface area contributed by atoms with Crippen LogP contribution in [-0.2, 0) is 6.54 Å². The molecule has 0 aliphatic heterocycles. The quantitative estimate of drug-likeness (QED) is 0.620. The van der Waals surface area contributed by atoms with Crippen molar-refractivity contribution in [3.05, 3.63) is 20.8 Å². The largest absolute Gasteiger partial charge is 0.302 e. The van der Waals surface area contributed by atoms with Crippen LogP contribution in [0.25, 0.3) is 0 Å². The first kappa shape index (κ1) is 8.79. The normalized spacial score (nSPS) is 9.45. The van der Waals surface area contributed by atoms with E-state index in [1.807, 2.05) is 0 Å². The molecule has 58 valence electrons. The highest BCUT2D eigenvalue weighted by Crippen LogP contribution is 2.20. The van der Waals surface area contributed by atoms with Gasteiger partial charge in [-0.3, -0.25) is 0 Å². The fourth-order valence-corrected chi connectivity index (χ4v) is 1.93. The van der Waals surface area contributed by atoms with Gasteiger partial charge >= 0.3 is 0 Å². The van der Waals surface area contributed by atoms with Gasteiger partial charge in [0.1, 0.15) is 0 Å². The van der Waals surface area contributed by atoms with E-state index in [-0.39, 0.29) is 0 Å². The molecule has 1 aromatic rings. The highest BCUT2D eigenvalue weighted by atomic mass is 79.9. The first-order valence-corrected chi connectivity index (χ1v) is 4.87. The zero-order valence-electron chi connectivity index (χ0n) is 5.93. The lowest BCUT2D eigenvalue weighted by atomic mass is 10.3. The Labute approximate surface area is 78.9 Å². The van der Waals surface area contributed by atoms with Crippen LogP contribution in [0.3, 0.4) is 0 Å². The van der Waals surface area contributed by atoms with Crippen LogP contribution >= 0.6 is 27.3 Å². The number of rotatable bonds is 3. The molecule has 0 fully saturated rings. The topological polar surface area (TPSA) is 12.0 Å². The molecular formula is C8H8BrNS. The molecule has 3 heteroatoms. The van der Waals surface area contributed by atoms with E-state index in [0.717, 1.165) is 10.3 Å². The maximum absolute atomic E-state index is 5.08. The van der Waals surface area contributed by atoms with Crippen molar-refractivity contribution in [1.82, 2.24) is 5.32 Å². The molecule has 0 bridgehead atoms. The molecule has 0 atom stereocenters. The Morgan fingerprint density at radius 3 is 3.09 bits per heavy atom. The lowest BCUT2D eigenvalue weighted by Gasteiger charge is -1.95. The van der Waals surface area contributed by atoms with Crippen molar-refractivity contribution in [3.63, 3.8) is 0 Å². The average Bonchev–Trinajstić information content (AvgIpc) is 2.37. The second-order valence-corrected chi connectivity index (χ2v) is 4.36. The van der Waals surface area contributed by atoms with Crippen LogP contribution in [0.1, 0.15) is 5.56 Å². The molecule has 11 heavy (non-hydrogen) atoms. The Morgan fingerprint density at radius 1 is 1.73 bits per heavy atom. The first-order chi connectivity index (χ1) is 5.33. The van der Waals surface area contributed by atoms with Crippen molar-refractivity contribution in [3.8, 4) is 12.3 Å². The predicted molar refractivity (Wildman–Crippen MR) is 52.6 cm³/mol. The van der Waals surface area contributed by atoms with Crippen LogP contribution in [0.2, 0.25) is 0 Å². The third kappa shape index (κ3) is 3.06. The molecular weight excluding hydrogens is 222 g/mol. The molecule has 0 aliphatic carbocycles. The van der Waals surface area contributed by atoms with E-state index in [4.69, 9.17) is 6.42 Å². The summed E-state index contributed by atoms with van der Waals surface area (Å²) in [4.78, 5) is 0. The van der Waals surface area contributed by atoms with Gasteiger partial charge < -0.3 is 5.32 Å². The predicted octanol–water partition coefficient (Wildman–Crippen LogP) is 2.23. The number of halogens is 1. The Hall–Kier alpha value is -0.300. The van der Waals surface area contributed by atoms with Gasteiger partial charge in [-0.25, -0.2) is 0 Å². The van der Waals surface area contributed by atoms with E-state index in [1.165, 1.54) is 5.56 Å². The minimum absolute atomic E-state index is 0.632. The smallest absolute Gasteiger partial charge is 0.0701 e. The number of thiophene rings is 1. The zero-order chi connectivity index (χ0) is 8.10. The van der Waals surface area contributed by atoms with E-state index < -0.39 is 0 Å². The van der Waals surface area contributed by atoms with Gasteiger partial charge in [0.2, 0.25) is 0 Å². The number of terminal acetylenes is 1. The fraction of sp³-hybridized carbons (Fsp3) is 0.250. The summed E-state index contributed by atoms with van der Waals surface area (Å²) in [5.74, 6) is 2.53. The summed E-state index contributed by atoms with van der Waals surface area (Å²) in [6.45, 7) is 1.49. The highest BCUT2D eigenvalue weighted by molar-refractivity contribution is 9.11. The monoisotopic (exact) mass is 229 g/mol. The summed E-state index contributed by atoms with van der Waals surface area (Å²) in [6.07, 6.45) is 5.08. The summed E-state index contributed by atoms with van der Waals surface area (Å²) in [5.41, 5.74) is 1.28. The Bertz CT molecular complexity index is 261. The van der Waals surface area contributed by atoms with E-state index in [1.54, 1.807) is 11.3 Å². The van der Waals surface area contributed by atoms with Crippen molar-refractivity contribution in [1.29, 1.82) is 0 Å². The molecule has 1 rings (SSSR count). The van der Waals surface area contributed by atoms with Gasteiger partial charge in [0.25, 0.3) is 0 Å². The third-order valence-electron chi connectivity index (χ3n) is 1.18.